The lowest BCUT2D eigenvalue weighted by Crippen LogP contribution is -2.64. The van der Waals surface area contributed by atoms with Crippen LogP contribution < -0.4 is 0 Å². The predicted octanol–water partition coefficient (Wildman–Crippen LogP) is -18.4. The highest BCUT2D eigenvalue weighted by Crippen LogP contribution is 2.46. The van der Waals surface area contributed by atoms with E-state index in [1.165, 1.54) is 0 Å². The van der Waals surface area contributed by atoms with Gasteiger partial charge in [0.2, 0.25) is 40.5 Å². The fraction of sp³-hybridized carbons (Fsp3) is 1.00. The van der Waals surface area contributed by atoms with Gasteiger partial charge in [-0.2, -0.15) is 0 Å². The summed E-state index contributed by atoms with van der Waals surface area (Å²) < 4.78 is 86.8. The Bertz CT molecular complexity index is 2260. The van der Waals surface area contributed by atoms with Crippen molar-refractivity contribution in [2.75, 3.05) is 99.1 Å². The molecule has 520 valence electrons. The van der Waals surface area contributed by atoms with Gasteiger partial charge in [0.25, 0.3) is 0 Å². The Morgan fingerprint density at radius 2 is 0.427 bits per heavy atom. The standard InChI is InChI=1S/C48H82O41/c49-1-16-24(58)32(66)33(67)41(81-16)89-48(40(74)31(65)23(8-56)88-48)15-80-47(39(73)30(64)22(7-55)87-47)14-79-46(38(72)29(63)21(6-54)86-46)13-78-45(37(71)28(62)20(5-53)85-45)12-77-44(36(70)27(61)19(4-52)84-44)11-76-43(35(69)26(60)18(3-51)83-43)10-75-42(9-57)34(68)25(59)17(2-50)82-42/h16-41,49-74H,1-15H2/t16?,17?,18?,19?,20?,21?,22?,23?,24?,25?,26?,27?,28?,29?,30?,31?,32?,33?,34?,35?,36?,37?,38?,39?,40?,41?,42-,43-,44-,45-,46-,47-,48+/m1/s1. The summed E-state index contributed by atoms with van der Waals surface area (Å²) in [4.78, 5) is 0. The predicted molar refractivity (Wildman–Crippen MR) is 265 cm³/mol. The Morgan fingerprint density at radius 1 is 0.225 bits per heavy atom. The molecule has 8 aliphatic heterocycles. The van der Waals surface area contributed by atoms with Crippen molar-refractivity contribution >= 4 is 0 Å². The van der Waals surface area contributed by atoms with Crippen LogP contribution >= 0.6 is 0 Å². The van der Waals surface area contributed by atoms with Crippen LogP contribution in [0.2, 0.25) is 0 Å². The summed E-state index contributed by atoms with van der Waals surface area (Å²) >= 11 is 0. The van der Waals surface area contributed by atoms with E-state index in [1.54, 1.807) is 0 Å². The summed E-state index contributed by atoms with van der Waals surface area (Å²) in [6.07, 6.45) is -54.4. The molecule has 0 saturated carbocycles. The van der Waals surface area contributed by atoms with E-state index in [9.17, 15) is 133 Å². The maximum atomic E-state index is 11.8. The number of aliphatic hydroxyl groups excluding tert-OH is 26. The molecule has 0 aromatic carbocycles. The fourth-order valence-electron chi connectivity index (χ4n) is 11.7. The summed E-state index contributed by atoms with van der Waals surface area (Å²) in [6.45, 7) is -18.4. The second-order valence-electron chi connectivity index (χ2n) is 22.8. The Morgan fingerprint density at radius 3 is 0.663 bits per heavy atom. The van der Waals surface area contributed by atoms with Crippen LogP contribution in [0.15, 0.2) is 0 Å². The minimum Gasteiger partial charge on any atom is -0.394 e. The number of hydrogen-bond donors (Lipinski definition) is 26. The zero-order valence-electron chi connectivity index (χ0n) is 46.9. The molecule has 8 heterocycles. The Hall–Kier alpha value is -1.64. The lowest BCUT2D eigenvalue weighted by atomic mass is 9.99. The second kappa shape index (κ2) is 28.6. The highest BCUT2D eigenvalue weighted by molar-refractivity contribution is 5.07. The van der Waals surface area contributed by atoms with E-state index in [1.807, 2.05) is 0 Å². The maximum absolute atomic E-state index is 11.8. The normalized spacial score (nSPS) is 52.7. The Labute approximate surface area is 501 Å². The molecular formula is C48H82O41. The summed E-state index contributed by atoms with van der Waals surface area (Å²) in [5.41, 5.74) is 0. The molecule has 41 heteroatoms. The lowest BCUT2D eigenvalue weighted by Gasteiger charge is -2.45. The molecule has 8 aliphatic rings. The first-order valence-corrected chi connectivity index (χ1v) is 27.9. The summed E-state index contributed by atoms with van der Waals surface area (Å²) in [5, 5.41) is 281. The Kier molecular flexibility index (Phi) is 23.5. The van der Waals surface area contributed by atoms with Gasteiger partial charge in [0.05, 0.1) is 52.9 Å². The van der Waals surface area contributed by atoms with Gasteiger partial charge < -0.3 is 204 Å². The van der Waals surface area contributed by atoms with Crippen molar-refractivity contribution in [1.29, 1.82) is 0 Å². The third-order valence-corrected chi connectivity index (χ3v) is 17.3. The molecule has 8 saturated heterocycles. The summed E-state index contributed by atoms with van der Waals surface area (Å²) in [7, 11) is 0. The van der Waals surface area contributed by atoms with Gasteiger partial charge in [-0.15, -0.1) is 0 Å². The van der Waals surface area contributed by atoms with Crippen molar-refractivity contribution in [1.82, 2.24) is 0 Å². The fourth-order valence-corrected chi connectivity index (χ4v) is 11.7. The quantitative estimate of drug-likeness (QED) is 0.0331. The van der Waals surface area contributed by atoms with Crippen molar-refractivity contribution in [3.8, 4) is 0 Å². The van der Waals surface area contributed by atoms with Crippen molar-refractivity contribution in [3.05, 3.63) is 0 Å². The van der Waals surface area contributed by atoms with Crippen LogP contribution in [-0.4, -0.2) is 431 Å². The largest absolute Gasteiger partial charge is 0.394 e. The van der Waals surface area contributed by atoms with E-state index in [0.717, 1.165) is 0 Å². The highest BCUT2D eigenvalue weighted by atomic mass is 16.9. The molecule has 89 heavy (non-hydrogen) atoms. The van der Waals surface area contributed by atoms with Gasteiger partial charge >= 0.3 is 0 Å². The zero-order valence-corrected chi connectivity index (χ0v) is 46.9. The van der Waals surface area contributed by atoms with Gasteiger partial charge in [-0.1, -0.05) is 0 Å². The van der Waals surface area contributed by atoms with Crippen molar-refractivity contribution in [2.24, 2.45) is 0 Å². The highest BCUT2D eigenvalue weighted by Gasteiger charge is 2.68. The SMILES string of the molecule is OCC1OC(O[C@]2(CO[C@]3(CO[C@]4(CO[C@]5(CO[C@]6(CO[C@]7(CO[C@]8(CO)OC(CO)C(O)C8O)OC(CO)C(O)C7O)OC(CO)C(O)C6O)OC(CO)C(O)C5O)OC(CO)C(O)C4O)OC(CO)C(O)C3O)OC(CO)C(O)C2O)C(O)C(O)C1O. The number of hydrogen-bond acceptors (Lipinski definition) is 41. The molecule has 0 bridgehead atoms. The van der Waals surface area contributed by atoms with Crippen LogP contribution in [0.25, 0.3) is 0 Å². The number of rotatable bonds is 29. The topological polar surface area (TPSA) is 664 Å². The monoisotopic (exact) mass is 1310 g/mol. The van der Waals surface area contributed by atoms with Gasteiger partial charge in [0.15, 0.2) is 6.29 Å². The minimum atomic E-state index is -3.08. The smallest absolute Gasteiger partial charge is 0.224 e. The molecule has 26 unspecified atom stereocenters. The van der Waals surface area contributed by atoms with Crippen molar-refractivity contribution in [2.45, 2.75) is 199 Å². The van der Waals surface area contributed by atoms with Crippen LogP contribution in [0.5, 0.6) is 0 Å². The number of aliphatic hydroxyl groups is 26. The van der Waals surface area contributed by atoms with Gasteiger partial charge in [-0.3, -0.25) is 0 Å². The van der Waals surface area contributed by atoms with Crippen molar-refractivity contribution in [3.63, 3.8) is 0 Å². The van der Waals surface area contributed by atoms with E-state index >= 15 is 0 Å². The first-order valence-electron chi connectivity index (χ1n) is 27.9. The van der Waals surface area contributed by atoms with Gasteiger partial charge in [0, 0.05) is 0 Å². The van der Waals surface area contributed by atoms with Crippen molar-refractivity contribution < 1.29 is 204 Å². The van der Waals surface area contributed by atoms with Gasteiger partial charge in [-0.25, -0.2) is 0 Å². The van der Waals surface area contributed by atoms with Crippen LogP contribution in [0.4, 0.5) is 0 Å². The number of ether oxygens (including phenoxy) is 15. The second-order valence-corrected chi connectivity index (χ2v) is 22.8. The average molecular weight is 1320 g/mol. The molecule has 0 amide bonds. The van der Waals surface area contributed by atoms with E-state index in [2.05, 4.69) is 0 Å². The molecule has 41 nitrogen and oxygen atoms in total. The molecule has 8 rings (SSSR count). The average Bonchev–Trinajstić information content (AvgIpc) is 2.08. The molecule has 0 spiro atoms. The minimum absolute atomic E-state index is 0.932. The lowest BCUT2D eigenvalue weighted by molar-refractivity contribution is -0.407. The first kappa shape index (κ1) is 73.2. The first-order chi connectivity index (χ1) is 42.0. The van der Waals surface area contributed by atoms with Crippen LogP contribution in [-0.2, 0) is 71.1 Å². The molecule has 33 atom stereocenters. The maximum Gasteiger partial charge on any atom is 0.224 e. The third kappa shape index (κ3) is 13.0. The molecular weight excluding hydrogens is 1230 g/mol. The van der Waals surface area contributed by atoms with E-state index in [-0.39, 0.29) is 0 Å². The Balaban J connectivity index is 1.11. The van der Waals surface area contributed by atoms with E-state index < -0.39 is 299 Å². The van der Waals surface area contributed by atoms with E-state index in [4.69, 9.17) is 71.1 Å². The summed E-state index contributed by atoms with van der Waals surface area (Å²) in [6, 6.07) is 0. The van der Waals surface area contributed by atoms with Crippen LogP contribution in [0.3, 0.4) is 0 Å². The van der Waals surface area contributed by atoms with E-state index in [0.29, 0.717) is 0 Å². The van der Waals surface area contributed by atoms with Crippen LogP contribution in [0, 0.1) is 0 Å². The zero-order chi connectivity index (χ0) is 65.7. The van der Waals surface area contributed by atoms with Gasteiger partial charge in [0.1, 0.15) is 199 Å². The molecule has 0 aliphatic carbocycles. The third-order valence-electron chi connectivity index (χ3n) is 17.3. The molecule has 0 aromatic rings. The summed E-state index contributed by atoms with van der Waals surface area (Å²) in [5.74, 6) is -20.7. The van der Waals surface area contributed by atoms with Crippen LogP contribution in [0.1, 0.15) is 0 Å². The molecule has 0 aromatic heterocycles. The molecule has 0 radical (unpaired) electrons. The molecule has 26 N–H and O–H groups in total. The van der Waals surface area contributed by atoms with Gasteiger partial charge in [-0.05, 0) is 0 Å². The molecule has 8 fully saturated rings.